The minimum Gasteiger partial charge on any atom is -0.334 e. The van der Waals surface area contributed by atoms with Crippen molar-refractivity contribution in [2.24, 2.45) is 7.05 Å². The molecule has 0 aliphatic carbocycles. The Bertz CT molecular complexity index is 778. The summed E-state index contributed by atoms with van der Waals surface area (Å²) in [5.41, 5.74) is 2.88. The molecule has 0 saturated carbocycles. The summed E-state index contributed by atoms with van der Waals surface area (Å²) < 4.78 is 15.9. The van der Waals surface area contributed by atoms with E-state index in [2.05, 4.69) is 25.9 Å². The molecule has 3 aromatic rings. The fraction of sp³-hybridized carbons (Fsp3) is 0.200. The molecule has 1 aromatic carbocycles. The molecule has 0 N–H and O–H groups in total. The lowest BCUT2D eigenvalue weighted by Gasteiger charge is -2.06. The van der Waals surface area contributed by atoms with Gasteiger partial charge in [0, 0.05) is 24.1 Å². The topological polar surface area (TPSA) is 30.7 Å². The molecule has 0 unspecified atom stereocenters. The fourth-order valence-electron chi connectivity index (χ4n) is 2.33. The van der Waals surface area contributed by atoms with Crippen LogP contribution in [0.4, 0.5) is 4.39 Å². The van der Waals surface area contributed by atoms with E-state index in [1.54, 1.807) is 12.1 Å². The molecule has 0 bridgehead atoms. The number of hydrogen-bond acceptors (Lipinski definition) is 2. The standard InChI is InChI=1S/C15H13BrFN3/c1-9-18-13(7-10-3-5-11(17)6-4-10)14-12(16)8-20(2)15(14)19-9/h3-6,8H,7H2,1-2H3. The molecule has 102 valence electrons. The van der Waals surface area contributed by atoms with Crippen molar-refractivity contribution in [1.29, 1.82) is 0 Å². The lowest BCUT2D eigenvalue weighted by molar-refractivity contribution is 0.627. The molecule has 5 heteroatoms. The molecule has 0 amide bonds. The van der Waals surface area contributed by atoms with E-state index in [-0.39, 0.29) is 5.82 Å². The van der Waals surface area contributed by atoms with E-state index < -0.39 is 0 Å². The highest BCUT2D eigenvalue weighted by atomic mass is 79.9. The number of aryl methyl sites for hydroxylation is 2. The van der Waals surface area contributed by atoms with E-state index in [0.29, 0.717) is 6.42 Å². The maximum Gasteiger partial charge on any atom is 0.144 e. The first-order valence-electron chi connectivity index (χ1n) is 6.27. The molecule has 0 atom stereocenters. The molecule has 20 heavy (non-hydrogen) atoms. The van der Waals surface area contributed by atoms with Crippen LogP contribution in [-0.4, -0.2) is 14.5 Å². The fourth-order valence-corrected chi connectivity index (χ4v) is 3.05. The summed E-state index contributed by atoms with van der Waals surface area (Å²) in [7, 11) is 1.96. The summed E-state index contributed by atoms with van der Waals surface area (Å²) >= 11 is 3.56. The minimum atomic E-state index is -0.223. The zero-order chi connectivity index (χ0) is 14.3. The van der Waals surface area contributed by atoms with Gasteiger partial charge in [-0.3, -0.25) is 0 Å². The Kier molecular flexibility index (Phi) is 3.30. The van der Waals surface area contributed by atoms with Crippen LogP contribution in [-0.2, 0) is 13.5 Å². The van der Waals surface area contributed by atoms with E-state index in [0.717, 1.165) is 32.6 Å². The van der Waals surface area contributed by atoms with Crippen molar-refractivity contribution >= 4 is 27.0 Å². The van der Waals surface area contributed by atoms with Gasteiger partial charge in [-0.2, -0.15) is 0 Å². The first kappa shape index (κ1) is 13.2. The number of hydrogen-bond donors (Lipinski definition) is 0. The smallest absolute Gasteiger partial charge is 0.144 e. The van der Waals surface area contributed by atoms with Crippen LogP contribution >= 0.6 is 15.9 Å². The van der Waals surface area contributed by atoms with Gasteiger partial charge < -0.3 is 4.57 Å². The lowest BCUT2D eigenvalue weighted by Crippen LogP contribution is -2.00. The van der Waals surface area contributed by atoms with Gasteiger partial charge in [0.1, 0.15) is 17.3 Å². The quantitative estimate of drug-likeness (QED) is 0.714. The molecule has 0 spiro atoms. The van der Waals surface area contributed by atoms with Gasteiger partial charge in [0.15, 0.2) is 0 Å². The number of fused-ring (bicyclic) bond motifs is 1. The van der Waals surface area contributed by atoms with Crippen LogP contribution in [0.5, 0.6) is 0 Å². The number of rotatable bonds is 2. The van der Waals surface area contributed by atoms with Crippen LogP contribution in [0.2, 0.25) is 0 Å². The van der Waals surface area contributed by atoms with Crippen molar-refractivity contribution in [3.05, 3.63) is 57.8 Å². The van der Waals surface area contributed by atoms with Gasteiger partial charge in [-0.25, -0.2) is 14.4 Å². The van der Waals surface area contributed by atoms with Gasteiger partial charge >= 0.3 is 0 Å². The number of aromatic nitrogens is 3. The third-order valence-electron chi connectivity index (χ3n) is 3.24. The van der Waals surface area contributed by atoms with E-state index >= 15 is 0 Å². The van der Waals surface area contributed by atoms with Crippen molar-refractivity contribution in [1.82, 2.24) is 14.5 Å². The molecular weight excluding hydrogens is 321 g/mol. The summed E-state index contributed by atoms with van der Waals surface area (Å²) in [5.74, 6) is 0.516. The largest absolute Gasteiger partial charge is 0.334 e. The Morgan fingerprint density at radius 2 is 1.90 bits per heavy atom. The van der Waals surface area contributed by atoms with E-state index in [4.69, 9.17) is 0 Å². The van der Waals surface area contributed by atoms with Gasteiger partial charge in [0.25, 0.3) is 0 Å². The molecule has 3 nitrogen and oxygen atoms in total. The highest BCUT2D eigenvalue weighted by Crippen LogP contribution is 2.28. The first-order valence-corrected chi connectivity index (χ1v) is 7.06. The van der Waals surface area contributed by atoms with Crippen LogP contribution in [0.1, 0.15) is 17.1 Å². The second kappa shape index (κ2) is 4.98. The second-order valence-electron chi connectivity index (χ2n) is 4.81. The second-order valence-corrected chi connectivity index (χ2v) is 5.66. The maximum absolute atomic E-state index is 13.0. The first-order chi connectivity index (χ1) is 9.54. The molecule has 2 aromatic heterocycles. The number of halogens is 2. The number of benzene rings is 1. The van der Waals surface area contributed by atoms with Crippen molar-refractivity contribution < 1.29 is 4.39 Å². The average Bonchev–Trinajstić information content (AvgIpc) is 2.67. The Labute approximate surface area is 124 Å². The predicted molar refractivity (Wildman–Crippen MR) is 80.2 cm³/mol. The molecule has 2 heterocycles. The zero-order valence-corrected chi connectivity index (χ0v) is 12.8. The minimum absolute atomic E-state index is 0.223. The van der Waals surface area contributed by atoms with Crippen LogP contribution in [0, 0.1) is 12.7 Å². The maximum atomic E-state index is 13.0. The molecular formula is C15H13BrFN3. The SMILES string of the molecule is Cc1nc(Cc2ccc(F)cc2)c2c(Br)cn(C)c2n1. The molecule has 3 rings (SSSR count). The highest BCUT2D eigenvalue weighted by Gasteiger charge is 2.13. The van der Waals surface area contributed by atoms with E-state index in [9.17, 15) is 4.39 Å². The van der Waals surface area contributed by atoms with Gasteiger partial charge in [-0.15, -0.1) is 0 Å². The van der Waals surface area contributed by atoms with Crippen LogP contribution in [0.15, 0.2) is 34.9 Å². The Balaban J connectivity index is 2.13. The van der Waals surface area contributed by atoms with Gasteiger partial charge in [-0.1, -0.05) is 12.1 Å². The van der Waals surface area contributed by atoms with Crippen molar-refractivity contribution in [3.63, 3.8) is 0 Å². The Hall–Kier alpha value is -1.75. The van der Waals surface area contributed by atoms with Crippen molar-refractivity contribution in [2.45, 2.75) is 13.3 Å². The van der Waals surface area contributed by atoms with Gasteiger partial charge in [0.2, 0.25) is 0 Å². The number of nitrogens with zero attached hydrogens (tertiary/aromatic N) is 3. The van der Waals surface area contributed by atoms with Gasteiger partial charge in [0.05, 0.1) is 11.1 Å². The van der Waals surface area contributed by atoms with E-state index in [1.165, 1.54) is 12.1 Å². The zero-order valence-electron chi connectivity index (χ0n) is 11.2. The average molecular weight is 334 g/mol. The summed E-state index contributed by atoms with van der Waals surface area (Å²) in [4.78, 5) is 9.02. The van der Waals surface area contributed by atoms with Crippen LogP contribution in [0.25, 0.3) is 11.0 Å². The van der Waals surface area contributed by atoms with Crippen molar-refractivity contribution in [2.75, 3.05) is 0 Å². The van der Waals surface area contributed by atoms with Crippen LogP contribution in [0.3, 0.4) is 0 Å². The summed E-state index contributed by atoms with van der Waals surface area (Å²) in [6.07, 6.45) is 2.63. The monoisotopic (exact) mass is 333 g/mol. The third kappa shape index (κ3) is 2.33. The Morgan fingerprint density at radius 3 is 2.60 bits per heavy atom. The van der Waals surface area contributed by atoms with Crippen molar-refractivity contribution in [3.8, 4) is 0 Å². The molecule has 0 saturated heterocycles. The molecule has 0 aliphatic rings. The Morgan fingerprint density at radius 1 is 1.20 bits per heavy atom. The van der Waals surface area contributed by atoms with E-state index in [1.807, 2.05) is 24.7 Å². The summed E-state index contributed by atoms with van der Waals surface area (Å²) in [6, 6.07) is 6.52. The molecule has 0 aliphatic heterocycles. The summed E-state index contributed by atoms with van der Waals surface area (Å²) in [6.45, 7) is 1.88. The normalized spacial score (nSPS) is 11.2. The molecule has 0 radical (unpaired) electrons. The lowest BCUT2D eigenvalue weighted by atomic mass is 10.1. The highest BCUT2D eigenvalue weighted by molar-refractivity contribution is 9.10. The van der Waals surface area contributed by atoms with Gasteiger partial charge in [-0.05, 0) is 40.5 Å². The molecule has 0 fully saturated rings. The predicted octanol–water partition coefficient (Wildman–Crippen LogP) is 3.77. The third-order valence-corrected chi connectivity index (χ3v) is 3.84. The van der Waals surface area contributed by atoms with Crippen LogP contribution < -0.4 is 0 Å². The summed E-state index contributed by atoms with van der Waals surface area (Å²) in [5, 5.41) is 1.02.